The fraction of sp³-hybridized carbons (Fsp3) is 0.321. The van der Waals surface area contributed by atoms with Crippen LogP contribution in [-0.4, -0.2) is 44.1 Å². The monoisotopic (exact) mass is 614 g/mol. The molecule has 1 atom stereocenters. The number of hydrogen-bond acceptors (Lipinski definition) is 8. The van der Waals surface area contributed by atoms with E-state index >= 15 is 0 Å². The van der Waals surface area contributed by atoms with Crippen LogP contribution in [0.15, 0.2) is 53.2 Å². The number of nitrogens with one attached hydrogen (secondary N) is 2. The standard InChI is InChI=1S/C28H27Cl2N5O5S/c29-22-2-1-3-23(30)25(22)26-21(27(40-33-26)16-4-5-16)15-39-20-8-10-35(11-9-20)19-7-6-17-12-18(14-31-24(17)13-19)32-28(36)34-41(37)38/h1-3,6-7,12-14,16,20H,4-5,8-11,15H2,(H,37,38)(H2,32,34,36)/p-1. The van der Waals surface area contributed by atoms with Crippen LogP contribution in [0.25, 0.3) is 22.2 Å². The predicted octanol–water partition coefficient (Wildman–Crippen LogP) is 6.18. The Morgan fingerprint density at radius 1 is 1.12 bits per heavy atom. The molecule has 2 amide bonds. The van der Waals surface area contributed by atoms with Gasteiger partial charge < -0.3 is 24.0 Å². The van der Waals surface area contributed by atoms with Gasteiger partial charge in [0.05, 0.1) is 40.2 Å². The van der Waals surface area contributed by atoms with E-state index in [1.807, 2.05) is 24.3 Å². The SMILES string of the molecule is O=C(Nc1cnc2cc(N3CCC(OCc4c(-c5c(Cl)cccc5Cl)noc4C4CC4)CC3)ccc2c1)NS(=O)[O-]. The Bertz CT molecular complexity index is 1600. The molecular weight excluding hydrogens is 589 g/mol. The average Bonchev–Trinajstić information content (AvgIpc) is 3.71. The van der Waals surface area contributed by atoms with Crippen molar-refractivity contribution in [3.63, 3.8) is 0 Å². The van der Waals surface area contributed by atoms with Gasteiger partial charge in [-0.15, -0.1) is 0 Å². The number of carbonyl (C=O) groups is 1. The van der Waals surface area contributed by atoms with Gasteiger partial charge in [0.1, 0.15) is 11.5 Å². The van der Waals surface area contributed by atoms with Crippen LogP contribution in [0.2, 0.25) is 10.0 Å². The van der Waals surface area contributed by atoms with Gasteiger partial charge in [-0.05, 0) is 56.0 Å². The molecule has 13 heteroatoms. The third kappa shape index (κ3) is 6.34. The molecule has 2 aromatic carbocycles. The van der Waals surface area contributed by atoms with E-state index in [0.29, 0.717) is 39.5 Å². The average molecular weight is 616 g/mol. The van der Waals surface area contributed by atoms with Gasteiger partial charge in [-0.2, -0.15) is 0 Å². The van der Waals surface area contributed by atoms with Gasteiger partial charge in [0, 0.05) is 52.5 Å². The Labute approximate surface area is 248 Å². The van der Waals surface area contributed by atoms with Gasteiger partial charge in [0.2, 0.25) is 0 Å². The maximum absolute atomic E-state index is 11.6. The number of amides is 2. The van der Waals surface area contributed by atoms with Crippen molar-refractivity contribution < 1.29 is 22.8 Å². The van der Waals surface area contributed by atoms with Gasteiger partial charge in [-0.3, -0.25) is 13.9 Å². The Hall–Kier alpha value is -3.22. The van der Waals surface area contributed by atoms with Crippen molar-refractivity contribution in [2.45, 2.75) is 44.3 Å². The summed E-state index contributed by atoms with van der Waals surface area (Å²) in [7, 11) is 0. The van der Waals surface area contributed by atoms with Crippen LogP contribution in [0.4, 0.5) is 16.2 Å². The smallest absolute Gasteiger partial charge is 0.330 e. The van der Waals surface area contributed by atoms with Crippen LogP contribution in [0, 0.1) is 0 Å². The summed E-state index contributed by atoms with van der Waals surface area (Å²) in [6.45, 7) is 2.03. The zero-order valence-electron chi connectivity index (χ0n) is 21.8. The molecule has 2 aliphatic rings. The number of ether oxygens (including phenoxy) is 1. The summed E-state index contributed by atoms with van der Waals surface area (Å²) in [6, 6.07) is 12.2. The van der Waals surface area contributed by atoms with E-state index in [2.05, 4.69) is 20.4 Å². The highest BCUT2D eigenvalue weighted by molar-refractivity contribution is 7.77. The lowest BCUT2D eigenvalue weighted by Crippen LogP contribution is -2.37. The van der Waals surface area contributed by atoms with Gasteiger partial charge in [-0.25, -0.2) is 4.79 Å². The lowest BCUT2D eigenvalue weighted by molar-refractivity contribution is 0.0246. The molecule has 2 aromatic heterocycles. The van der Waals surface area contributed by atoms with Gasteiger partial charge in [0.15, 0.2) is 0 Å². The number of benzene rings is 2. The number of hydrogen-bond donors (Lipinski definition) is 2. The molecule has 1 unspecified atom stereocenters. The first-order valence-electron chi connectivity index (χ1n) is 13.2. The number of piperidine rings is 1. The van der Waals surface area contributed by atoms with Gasteiger partial charge in [0.25, 0.3) is 0 Å². The molecule has 3 heterocycles. The maximum atomic E-state index is 11.6. The van der Waals surface area contributed by atoms with E-state index in [-0.39, 0.29) is 6.10 Å². The van der Waals surface area contributed by atoms with Crippen molar-refractivity contribution in [1.29, 1.82) is 0 Å². The summed E-state index contributed by atoms with van der Waals surface area (Å²) in [6.07, 6.45) is 5.45. The second-order valence-electron chi connectivity index (χ2n) is 10.1. The van der Waals surface area contributed by atoms with Crippen LogP contribution >= 0.6 is 23.2 Å². The van der Waals surface area contributed by atoms with E-state index in [1.165, 1.54) is 6.20 Å². The number of rotatable bonds is 8. The number of pyridine rings is 1. The molecule has 214 valence electrons. The van der Waals surface area contributed by atoms with E-state index < -0.39 is 17.3 Å². The quantitative estimate of drug-likeness (QED) is 0.225. The minimum atomic E-state index is -2.69. The first-order valence-corrected chi connectivity index (χ1v) is 15.0. The molecule has 2 fully saturated rings. The number of halogens is 2. The third-order valence-corrected chi connectivity index (χ3v) is 8.32. The number of fused-ring (bicyclic) bond motifs is 1. The third-order valence-electron chi connectivity index (χ3n) is 7.34. The Morgan fingerprint density at radius 3 is 2.59 bits per heavy atom. The largest absolute Gasteiger partial charge is 0.755 e. The van der Waals surface area contributed by atoms with Crippen LogP contribution in [0.1, 0.15) is 42.9 Å². The van der Waals surface area contributed by atoms with Crippen molar-refractivity contribution in [2.75, 3.05) is 23.3 Å². The summed E-state index contributed by atoms with van der Waals surface area (Å²) in [4.78, 5) is 18.4. The van der Waals surface area contributed by atoms with Crippen molar-refractivity contribution in [3.8, 4) is 11.3 Å². The second kappa shape index (κ2) is 11.9. The number of urea groups is 1. The fourth-order valence-corrected chi connectivity index (χ4v) is 5.92. The zero-order valence-corrected chi connectivity index (χ0v) is 24.1. The molecule has 10 nitrogen and oxygen atoms in total. The van der Waals surface area contributed by atoms with E-state index in [4.69, 9.17) is 32.5 Å². The topological polar surface area (TPSA) is 133 Å². The van der Waals surface area contributed by atoms with Crippen molar-refractivity contribution in [2.24, 2.45) is 0 Å². The molecule has 1 saturated carbocycles. The van der Waals surface area contributed by atoms with Gasteiger partial charge >= 0.3 is 6.03 Å². The van der Waals surface area contributed by atoms with Crippen LogP contribution < -0.4 is 14.9 Å². The summed E-state index contributed by atoms with van der Waals surface area (Å²) in [5.41, 5.74) is 4.47. The Kier molecular flexibility index (Phi) is 8.14. The van der Waals surface area contributed by atoms with Crippen molar-refractivity contribution >= 4 is 62.8 Å². The predicted molar refractivity (Wildman–Crippen MR) is 157 cm³/mol. The lowest BCUT2D eigenvalue weighted by Gasteiger charge is -2.33. The molecule has 1 aliphatic carbocycles. The second-order valence-corrected chi connectivity index (χ2v) is 11.6. The van der Waals surface area contributed by atoms with E-state index in [1.54, 1.807) is 22.9 Å². The number of anilines is 2. The highest BCUT2D eigenvalue weighted by Crippen LogP contribution is 2.46. The number of nitrogens with zero attached hydrogens (tertiary/aromatic N) is 3. The Morgan fingerprint density at radius 2 is 1.88 bits per heavy atom. The zero-order chi connectivity index (χ0) is 28.5. The maximum Gasteiger partial charge on any atom is 0.330 e. The Balaban J connectivity index is 1.09. The van der Waals surface area contributed by atoms with Crippen LogP contribution in [-0.2, 0) is 22.6 Å². The molecule has 4 aromatic rings. The molecule has 2 N–H and O–H groups in total. The van der Waals surface area contributed by atoms with Crippen molar-refractivity contribution in [3.05, 3.63) is 70.0 Å². The highest BCUT2D eigenvalue weighted by Gasteiger charge is 2.34. The minimum Gasteiger partial charge on any atom is -0.755 e. The van der Waals surface area contributed by atoms with Gasteiger partial charge in [-0.1, -0.05) is 40.5 Å². The van der Waals surface area contributed by atoms with Crippen LogP contribution in [0.5, 0.6) is 0 Å². The molecular formula is C28H26Cl2N5O5S-. The summed E-state index contributed by atoms with van der Waals surface area (Å²) in [5, 5.41) is 8.68. The highest BCUT2D eigenvalue weighted by atomic mass is 35.5. The summed E-state index contributed by atoms with van der Waals surface area (Å²) >= 11 is 10.3. The normalized spacial score (nSPS) is 16.6. The molecule has 6 rings (SSSR count). The lowest BCUT2D eigenvalue weighted by atomic mass is 10.0. The first-order chi connectivity index (χ1) is 19.9. The molecule has 1 aliphatic heterocycles. The summed E-state index contributed by atoms with van der Waals surface area (Å²) < 4.78 is 35.2. The number of carbonyl (C=O) groups excluding carboxylic acids is 1. The van der Waals surface area contributed by atoms with E-state index in [9.17, 15) is 13.6 Å². The number of aromatic nitrogens is 2. The summed E-state index contributed by atoms with van der Waals surface area (Å²) in [5.74, 6) is 1.24. The van der Waals surface area contributed by atoms with Crippen molar-refractivity contribution in [1.82, 2.24) is 14.9 Å². The fourth-order valence-electron chi connectivity index (χ4n) is 5.14. The molecule has 0 bridgehead atoms. The molecule has 0 radical (unpaired) electrons. The molecule has 0 spiro atoms. The van der Waals surface area contributed by atoms with E-state index in [0.717, 1.165) is 66.7 Å². The van der Waals surface area contributed by atoms with Crippen LogP contribution in [0.3, 0.4) is 0 Å². The molecule has 41 heavy (non-hydrogen) atoms. The minimum absolute atomic E-state index is 0.0876. The molecule has 1 saturated heterocycles. The first kappa shape index (κ1) is 27.9.